The maximum atomic E-state index is 13.6. The van der Waals surface area contributed by atoms with Crippen molar-refractivity contribution in [3.8, 4) is 0 Å². The van der Waals surface area contributed by atoms with Gasteiger partial charge < -0.3 is 15.3 Å². The Bertz CT molecular complexity index is 1240. The molecule has 360 valence electrons. The van der Waals surface area contributed by atoms with E-state index < -0.39 is 35.2 Å². The third-order valence-electron chi connectivity index (χ3n) is 11.7. The highest BCUT2D eigenvalue weighted by molar-refractivity contribution is 6.01. The Kier molecular flexibility index (Phi) is 43.5. The summed E-state index contributed by atoms with van der Waals surface area (Å²) in [4.78, 5) is 40.1. The Morgan fingerprint density at radius 1 is 0.365 bits per heavy atom. The highest BCUT2D eigenvalue weighted by atomic mass is 16.4. The number of hydrogen-bond donors (Lipinski definition) is 3. The average Bonchev–Trinajstić information content (AvgIpc) is 3.29. The summed E-state index contributed by atoms with van der Waals surface area (Å²) in [5.74, 6) is -2.22. The minimum Gasteiger partial charge on any atom is -0.382 e. The van der Waals surface area contributed by atoms with Crippen LogP contribution in [0.1, 0.15) is 239 Å². The van der Waals surface area contributed by atoms with E-state index in [4.69, 9.17) is 0 Å². The standard InChI is InChI=1S/C57H96O6/c1-4-7-10-13-16-19-22-25-28-31-34-37-40-43-46-49-52(58)55(61)57(63,54(60)51-48-45-42-39-36-33-30-27-24-21-18-15-12-9-6-3)56(62)53(59)50-47-44-41-38-35-32-29-26-23-20-17-14-11-8-5-2/h9,12,16-21,25-30,55-56,61-63H,4-8,10-11,13-15,22-24,31-51H2,1-3H3/b12-9-,19-16-,20-17-,21-18-,28-25-,29-26-,30-27-. The lowest BCUT2D eigenvalue weighted by atomic mass is 9.78. The van der Waals surface area contributed by atoms with Gasteiger partial charge in [0.05, 0.1) is 0 Å². The van der Waals surface area contributed by atoms with Gasteiger partial charge in [-0.05, 0) is 116 Å². The molecule has 0 bridgehead atoms. The van der Waals surface area contributed by atoms with Crippen molar-refractivity contribution in [1.29, 1.82) is 0 Å². The van der Waals surface area contributed by atoms with Gasteiger partial charge in [-0.3, -0.25) is 14.4 Å². The molecule has 0 saturated carbocycles. The number of carbonyl (C=O) groups is 3. The van der Waals surface area contributed by atoms with Gasteiger partial charge in [0.1, 0.15) is 0 Å². The zero-order valence-corrected chi connectivity index (χ0v) is 40.8. The first kappa shape index (κ1) is 60.1. The van der Waals surface area contributed by atoms with Crippen LogP contribution in [-0.4, -0.2) is 50.5 Å². The van der Waals surface area contributed by atoms with Crippen LogP contribution in [0.15, 0.2) is 85.1 Å². The molecule has 0 heterocycles. The molecule has 0 saturated heterocycles. The third-order valence-corrected chi connectivity index (χ3v) is 11.7. The Hall–Kier alpha value is -2.93. The molecule has 0 radical (unpaired) electrons. The Morgan fingerprint density at radius 2 is 0.635 bits per heavy atom. The molecule has 2 unspecified atom stereocenters. The molecule has 0 aliphatic heterocycles. The summed E-state index contributed by atoms with van der Waals surface area (Å²) in [6.45, 7) is 6.57. The highest BCUT2D eigenvalue weighted by Crippen LogP contribution is 2.26. The lowest BCUT2D eigenvalue weighted by Crippen LogP contribution is -2.63. The zero-order chi connectivity index (χ0) is 46.3. The second kappa shape index (κ2) is 45.6. The fraction of sp³-hybridized carbons (Fsp3) is 0.702. The van der Waals surface area contributed by atoms with Crippen molar-refractivity contribution < 1.29 is 29.7 Å². The van der Waals surface area contributed by atoms with Crippen LogP contribution >= 0.6 is 0 Å². The molecule has 0 aliphatic rings. The average molecular weight is 877 g/mol. The molecule has 2 atom stereocenters. The maximum absolute atomic E-state index is 13.6. The largest absolute Gasteiger partial charge is 0.382 e. The molecule has 0 aromatic rings. The quantitative estimate of drug-likeness (QED) is 0.0415. The minimum atomic E-state index is -2.84. The number of Topliss-reactive ketones (excluding diaryl/α,β-unsaturated/α-hetero) is 3. The van der Waals surface area contributed by atoms with E-state index in [2.05, 4.69) is 106 Å². The lowest BCUT2D eigenvalue weighted by molar-refractivity contribution is -0.181. The predicted molar refractivity (Wildman–Crippen MR) is 270 cm³/mol. The highest BCUT2D eigenvalue weighted by Gasteiger charge is 2.53. The first-order chi connectivity index (χ1) is 30.8. The molecular formula is C57H96O6. The van der Waals surface area contributed by atoms with Crippen LogP contribution in [-0.2, 0) is 14.4 Å². The van der Waals surface area contributed by atoms with Crippen molar-refractivity contribution in [3.05, 3.63) is 85.1 Å². The predicted octanol–water partition coefficient (Wildman–Crippen LogP) is 15.4. The van der Waals surface area contributed by atoms with E-state index in [0.29, 0.717) is 19.3 Å². The maximum Gasteiger partial charge on any atom is 0.189 e. The van der Waals surface area contributed by atoms with Gasteiger partial charge in [0, 0.05) is 19.3 Å². The van der Waals surface area contributed by atoms with Crippen LogP contribution in [0.4, 0.5) is 0 Å². The van der Waals surface area contributed by atoms with Crippen LogP contribution in [0.25, 0.3) is 0 Å². The van der Waals surface area contributed by atoms with E-state index in [-0.39, 0.29) is 19.3 Å². The number of ketones is 3. The third kappa shape index (κ3) is 35.1. The van der Waals surface area contributed by atoms with Crippen molar-refractivity contribution in [3.63, 3.8) is 0 Å². The van der Waals surface area contributed by atoms with E-state index in [9.17, 15) is 29.7 Å². The Labute approximate surface area is 387 Å². The molecule has 0 spiro atoms. The Balaban J connectivity index is 4.93. The van der Waals surface area contributed by atoms with Crippen molar-refractivity contribution in [1.82, 2.24) is 0 Å². The SMILES string of the molecule is CC/C=C\C/C=C\C/C=C\CCCCCCCC(=O)C(O)(C(O)C(=O)CCCCCCC/C=C\C/C=C\CCCCC)C(O)C(=O)CCCCCCC/C=C\C/C=C\CCCCC. The van der Waals surface area contributed by atoms with E-state index in [0.717, 1.165) is 141 Å². The van der Waals surface area contributed by atoms with Crippen LogP contribution in [0.3, 0.4) is 0 Å². The number of carbonyl (C=O) groups excluding carboxylic acids is 3. The van der Waals surface area contributed by atoms with Crippen LogP contribution < -0.4 is 0 Å². The molecule has 0 aromatic heterocycles. The molecule has 6 nitrogen and oxygen atoms in total. The fourth-order valence-corrected chi connectivity index (χ4v) is 7.55. The van der Waals surface area contributed by atoms with Crippen LogP contribution in [0, 0.1) is 0 Å². The van der Waals surface area contributed by atoms with Crippen molar-refractivity contribution in [2.75, 3.05) is 0 Å². The Morgan fingerprint density at radius 3 is 0.968 bits per heavy atom. The molecule has 0 fully saturated rings. The smallest absolute Gasteiger partial charge is 0.189 e. The minimum absolute atomic E-state index is 0.0197. The normalized spacial score (nSPS) is 14.5. The summed E-state index contributed by atoms with van der Waals surface area (Å²) in [5, 5.41) is 34.1. The van der Waals surface area contributed by atoms with Gasteiger partial charge in [-0.15, -0.1) is 0 Å². The van der Waals surface area contributed by atoms with Gasteiger partial charge in [0.15, 0.2) is 35.2 Å². The van der Waals surface area contributed by atoms with Gasteiger partial charge in [-0.25, -0.2) is 0 Å². The van der Waals surface area contributed by atoms with Crippen molar-refractivity contribution >= 4 is 17.3 Å². The summed E-state index contributed by atoms with van der Waals surface area (Å²) in [6.07, 6.45) is 57.2. The van der Waals surface area contributed by atoms with E-state index in [1.807, 2.05) is 0 Å². The molecule has 6 heteroatoms. The van der Waals surface area contributed by atoms with E-state index >= 15 is 0 Å². The molecule has 0 aliphatic carbocycles. The van der Waals surface area contributed by atoms with Crippen LogP contribution in [0.5, 0.6) is 0 Å². The molecular weight excluding hydrogens is 781 g/mol. The number of unbranched alkanes of at least 4 members (excludes halogenated alkanes) is 21. The first-order valence-corrected chi connectivity index (χ1v) is 26.0. The fourth-order valence-electron chi connectivity index (χ4n) is 7.55. The van der Waals surface area contributed by atoms with Gasteiger partial charge in [-0.1, -0.05) is 189 Å². The number of aliphatic hydroxyl groups is 3. The van der Waals surface area contributed by atoms with E-state index in [1.165, 1.54) is 38.5 Å². The van der Waals surface area contributed by atoms with Gasteiger partial charge >= 0.3 is 0 Å². The van der Waals surface area contributed by atoms with Gasteiger partial charge in [0.25, 0.3) is 0 Å². The summed E-state index contributed by atoms with van der Waals surface area (Å²) in [7, 11) is 0. The summed E-state index contributed by atoms with van der Waals surface area (Å²) in [6, 6.07) is 0. The monoisotopic (exact) mass is 877 g/mol. The summed E-state index contributed by atoms with van der Waals surface area (Å²) < 4.78 is 0. The second-order valence-electron chi connectivity index (χ2n) is 17.5. The summed E-state index contributed by atoms with van der Waals surface area (Å²) in [5.41, 5.74) is -2.84. The second-order valence-corrected chi connectivity index (χ2v) is 17.5. The van der Waals surface area contributed by atoms with Crippen molar-refractivity contribution in [2.24, 2.45) is 0 Å². The van der Waals surface area contributed by atoms with Crippen LogP contribution in [0.2, 0.25) is 0 Å². The number of allylic oxidation sites excluding steroid dienone is 14. The first-order valence-electron chi connectivity index (χ1n) is 26.0. The molecule has 0 aromatic carbocycles. The number of aliphatic hydroxyl groups excluding tert-OH is 2. The molecule has 0 amide bonds. The van der Waals surface area contributed by atoms with Gasteiger partial charge in [0.2, 0.25) is 0 Å². The molecule has 3 N–H and O–H groups in total. The lowest BCUT2D eigenvalue weighted by Gasteiger charge is -2.34. The zero-order valence-electron chi connectivity index (χ0n) is 40.8. The number of rotatable bonds is 46. The van der Waals surface area contributed by atoms with E-state index in [1.54, 1.807) is 0 Å². The topological polar surface area (TPSA) is 112 Å². The van der Waals surface area contributed by atoms with Gasteiger partial charge in [-0.2, -0.15) is 0 Å². The molecule has 0 rings (SSSR count). The number of hydrogen-bond acceptors (Lipinski definition) is 6. The van der Waals surface area contributed by atoms with Crippen molar-refractivity contribution in [2.45, 2.75) is 257 Å². The summed E-state index contributed by atoms with van der Waals surface area (Å²) >= 11 is 0. The molecule has 63 heavy (non-hydrogen) atoms.